The highest BCUT2D eigenvalue weighted by Crippen LogP contribution is 2.20. The molecule has 0 bridgehead atoms. The molecule has 0 aliphatic carbocycles. The Hall–Kier alpha value is -1.81. The fourth-order valence-electron chi connectivity index (χ4n) is 1.72. The predicted octanol–water partition coefficient (Wildman–Crippen LogP) is 1.82. The summed E-state index contributed by atoms with van der Waals surface area (Å²) in [5.74, 6) is 0. The van der Waals surface area contributed by atoms with E-state index >= 15 is 0 Å². The lowest BCUT2D eigenvalue weighted by atomic mass is 10.1. The van der Waals surface area contributed by atoms with Crippen LogP contribution in [0, 0.1) is 5.41 Å². The van der Waals surface area contributed by atoms with Crippen LogP contribution in [0.1, 0.15) is 13.0 Å². The van der Waals surface area contributed by atoms with Gasteiger partial charge >= 0.3 is 0 Å². The lowest BCUT2D eigenvalue weighted by Crippen LogP contribution is -2.13. The summed E-state index contributed by atoms with van der Waals surface area (Å²) >= 11 is 0. The Morgan fingerprint density at radius 1 is 1.56 bits per heavy atom. The smallest absolute Gasteiger partial charge is 0.248 e. The van der Waals surface area contributed by atoms with E-state index in [1.54, 1.807) is 4.74 Å². The van der Waals surface area contributed by atoms with Crippen molar-refractivity contribution >= 4 is 10.9 Å². The number of fused-ring (bicyclic) bond motifs is 1. The van der Waals surface area contributed by atoms with E-state index < -0.39 is 0 Å². The van der Waals surface area contributed by atoms with E-state index in [4.69, 9.17) is 9.93 Å². The first-order valence-electron chi connectivity index (χ1n) is 5.06. The van der Waals surface area contributed by atoms with Crippen molar-refractivity contribution in [1.82, 2.24) is 4.74 Å². The predicted molar refractivity (Wildman–Crippen MR) is 61.0 cm³/mol. The van der Waals surface area contributed by atoms with Crippen LogP contribution < -0.4 is 5.55 Å². The second-order valence-corrected chi connectivity index (χ2v) is 3.81. The summed E-state index contributed by atoms with van der Waals surface area (Å²) in [6, 6.07) is 7.10. The molecule has 0 saturated carbocycles. The van der Waals surface area contributed by atoms with Gasteiger partial charge in [0.05, 0.1) is 17.5 Å². The van der Waals surface area contributed by atoms with Gasteiger partial charge in [-0.3, -0.25) is 5.41 Å². The van der Waals surface area contributed by atoms with Gasteiger partial charge in [0.25, 0.3) is 0 Å². The molecule has 1 aromatic heterocycles. The molecular formula is C12H14N2O2. The van der Waals surface area contributed by atoms with Crippen molar-refractivity contribution in [2.45, 2.75) is 13.0 Å². The van der Waals surface area contributed by atoms with E-state index in [9.17, 15) is 5.11 Å². The van der Waals surface area contributed by atoms with Gasteiger partial charge in [0, 0.05) is 0 Å². The van der Waals surface area contributed by atoms with Crippen LogP contribution in [0.5, 0.6) is 0 Å². The number of rotatable bonds is 3. The molecule has 16 heavy (non-hydrogen) atoms. The number of nitrogens with zero attached hydrogens (tertiary/aromatic N) is 1. The molecule has 0 amide bonds. The van der Waals surface area contributed by atoms with E-state index in [1.807, 2.05) is 31.2 Å². The van der Waals surface area contributed by atoms with Gasteiger partial charge in [-0.2, -0.15) is 4.74 Å². The van der Waals surface area contributed by atoms with Gasteiger partial charge in [-0.05, 0) is 19.1 Å². The molecule has 1 aromatic carbocycles. The van der Waals surface area contributed by atoms with Crippen LogP contribution in [-0.2, 0) is 0 Å². The molecule has 1 atom stereocenters. The van der Waals surface area contributed by atoms with E-state index in [1.165, 1.54) is 0 Å². The van der Waals surface area contributed by atoms with Crippen LogP contribution in [0.25, 0.3) is 10.9 Å². The summed E-state index contributed by atoms with van der Waals surface area (Å²) in [6.07, 6.45) is 0. The van der Waals surface area contributed by atoms with Crippen molar-refractivity contribution in [2.75, 3.05) is 6.61 Å². The fraction of sp³-hybridized carbons (Fsp3) is 0.250. The maximum atomic E-state index is 9.32. The van der Waals surface area contributed by atoms with Crippen LogP contribution in [0.4, 0.5) is 0 Å². The number of aliphatic hydroxyl groups excluding tert-OH is 1. The van der Waals surface area contributed by atoms with Crippen LogP contribution >= 0.6 is 0 Å². The number of hydrogen-bond acceptors (Lipinski definition) is 3. The molecule has 2 N–H and O–H groups in total. The van der Waals surface area contributed by atoms with Crippen molar-refractivity contribution < 1.29 is 9.63 Å². The van der Waals surface area contributed by atoms with Gasteiger partial charge < -0.3 is 9.63 Å². The second-order valence-electron chi connectivity index (χ2n) is 3.81. The topological polar surface area (TPSA) is 62.1 Å². The first kappa shape index (κ1) is 10.7. The van der Waals surface area contributed by atoms with Gasteiger partial charge in [-0.1, -0.05) is 24.3 Å². The van der Waals surface area contributed by atoms with Crippen LogP contribution in [0.15, 0.2) is 40.9 Å². The number of aromatic nitrogens is 1. The zero-order valence-corrected chi connectivity index (χ0v) is 9.10. The van der Waals surface area contributed by atoms with Crippen molar-refractivity contribution in [3.63, 3.8) is 0 Å². The quantitative estimate of drug-likeness (QED) is 0.772. The highest BCUT2D eigenvalue weighted by atomic mass is 16.5. The number of hydrogen-bond donors (Lipinski definition) is 2. The van der Waals surface area contributed by atoms with Gasteiger partial charge in [0.15, 0.2) is 0 Å². The zero-order valence-electron chi connectivity index (χ0n) is 9.10. The highest BCUT2D eigenvalue weighted by Gasteiger charge is 2.16. The molecule has 1 heterocycles. The van der Waals surface area contributed by atoms with Gasteiger partial charge in [0.2, 0.25) is 5.55 Å². The van der Waals surface area contributed by atoms with E-state index in [0.717, 1.165) is 16.5 Å². The molecule has 0 radical (unpaired) electrons. The van der Waals surface area contributed by atoms with E-state index in [2.05, 4.69) is 6.58 Å². The van der Waals surface area contributed by atoms with Crippen molar-refractivity contribution in [2.24, 2.45) is 0 Å². The number of benzene rings is 1. The maximum absolute atomic E-state index is 9.32. The molecule has 0 aliphatic rings. The maximum Gasteiger partial charge on any atom is 0.248 e. The Morgan fingerprint density at radius 3 is 2.88 bits per heavy atom. The number of para-hydroxylation sites is 1. The minimum atomic E-state index is -0.316. The minimum Gasteiger partial charge on any atom is -0.394 e. The monoisotopic (exact) mass is 218 g/mol. The molecule has 4 heteroatoms. The van der Waals surface area contributed by atoms with Gasteiger partial charge in [0.1, 0.15) is 6.04 Å². The molecular weight excluding hydrogens is 204 g/mol. The summed E-state index contributed by atoms with van der Waals surface area (Å²) in [4.78, 5) is 0. The summed E-state index contributed by atoms with van der Waals surface area (Å²) in [5, 5.41) is 17.7. The second kappa shape index (κ2) is 3.98. The Labute approximate surface area is 92.9 Å². The molecule has 1 unspecified atom stereocenters. The minimum absolute atomic E-state index is 0.0864. The molecule has 84 valence electrons. The third-order valence-electron chi connectivity index (χ3n) is 2.60. The summed E-state index contributed by atoms with van der Waals surface area (Å²) < 4.78 is 6.88. The summed E-state index contributed by atoms with van der Waals surface area (Å²) in [7, 11) is 0. The molecule has 0 fully saturated rings. The summed E-state index contributed by atoms with van der Waals surface area (Å²) in [6.45, 7) is 5.56. The van der Waals surface area contributed by atoms with Gasteiger partial charge in [-0.15, -0.1) is 0 Å². The van der Waals surface area contributed by atoms with Crippen molar-refractivity contribution in [1.29, 1.82) is 5.41 Å². The van der Waals surface area contributed by atoms with Crippen molar-refractivity contribution in [3.05, 3.63) is 42.0 Å². The lowest BCUT2D eigenvalue weighted by molar-refractivity contribution is 0.160. The van der Waals surface area contributed by atoms with Crippen LogP contribution in [0.3, 0.4) is 0 Å². The molecule has 4 nitrogen and oxygen atoms in total. The normalized spacial score (nSPS) is 12.9. The molecule has 2 rings (SSSR count). The largest absolute Gasteiger partial charge is 0.394 e. The first-order chi connectivity index (χ1) is 7.65. The Morgan fingerprint density at radius 2 is 2.25 bits per heavy atom. The Kier molecular flexibility index (Phi) is 2.66. The Bertz CT molecular complexity index is 580. The van der Waals surface area contributed by atoms with Crippen LogP contribution in [-0.4, -0.2) is 16.5 Å². The molecule has 0 aliphatic heterocycles. The third kappa shape index (κ3) is 1.57. The Balaban J connectivity index is 2.69. The van der Waals surface area contributed by atoms with E-state index in [0.29, 0.717) is 0 Å². The number of aliphatic hydroxyl groups is 1. The lowest BCUT2D eigenvalue weighted by Gasteiger charge is -2.14. The first-order valence-corrected chi connectivity index (χ1v) is 5.06. The zero-order chi connectivity index (χ0) is 11.7. The fourth-order valence-corrected chi connectivity index (χ4v) is 1.72. The molecule has 2 aromatic rings. The van der Waals surface area contributed by atoms with Gasteiger partial charge in [-0.25, -0.2) is 0 Å². The highest BCUT2D eigenvalue weighted by molar-refractivity contribution is 5.77. The van der Waals surface area contributed by atoms with Crippen LogP contribution in [0.2, 0.25) is 0 Å². The SMILES string of the molecule is C=C(C)C(CO)n1oc(=N)c2ccccc21. The third-order valence-corrected chi connectivity index (χ3v) is 2.60. The average molecular weight is 218 g/mol. The standard InChI is InChI=1S/C12H14N2O2/c1-8(2)11(7-15)14-10-6-4-3-5-9(10)12(13)16-14/h3-6,11,13,15H,1,7H2,2H3. The van der Waals surface area contributed by atoms with E-state index in [-0.39, 0.29) is 18.2 Å². The summed E-state index contributed by atoms with van der Waals surface area (Å²) in [5.41, 5.74) is 1.71. The molecule has 0 saturated heterocycles. The molecule has 0 spiro atoms. The number of nitrogens with one attached hydrogen (secondary N) is 1. The van der Waals surface area contributed by atoms with Crippen molar-refractivity contribution in [3.8, 4) is 0 Å². The average Bonchev–Trinajstić information content (AvgIpc) is 2.58.